The maximum Gasteiger partial charge on any atom is 0.236 e. The molecule has 1 amide bonds. The van der Waals surface area contributed by atoms with E-state index < -0.39 is 0 Å². The fourth-order valence-electron chi connectivity index (χ4n) is 3.73. The summed E-state index contributed by atoms with van der Waals surface area (Å²) in [7, 11) is 0. The summed E-state index contributed by atoms with van der Waals surface area (Å²) in [6.07, 6.45) is 5.70. The van der Waals surface area contributed by atoms with Gasteiger partial charge >= 0.3 is 0 Å². The van der Waals surface area contributed by atoms with Crippen LogP contribution in [0.5, 0.6) is 0 Å². The molecule has 0 spiro atoms. The molecule has 1 aromatic heterocycles. The lowest BCUT2D eigenvalue weighted by Crippen LogP contribution is -2.51. The Morgan fingerprint density at radius 2 is 1.96 bits per heavy atom. The van der Waals surface area contributed by atoms with E-state index >= 15 is 0 Å². The van der Waals surface area contributed by atoms with Crippen LogP contribution in [-0.4, -0.2) is 94.6 Å². The number of hydrogen-bond acceptors (Lipinski definition) is 6. The normalized spacial score (nSPS) is 23.0. The average Bonchev–Trinajstić information content (AvgIpc) is 2.64. The molecule has 1 atom stereocenters. The summed E-state index contributed by atoms with van der Waals surface area (Å²) in [5.41, 5.74) is 1.94. The maximum atomic E-state index is 12.7. The molecule has 25 heavy (non-hydrogen) atoms. The van der Waals surface area contributed by atoms with Crippen molar-refractivity contribution in [3.8, 4) is 0 Å². The monoisotopic (exact) mass is 347 g/mol. The number of likely N-dealkylation sites (tertiary alicyclic amines) is 1. The molecule has 0 aromatic carbocycles. The number of piperazine rings is 1. The Bertz CT molecular complexity index is 574. The van der Waals surface area contributed by atoms with Crippen LogP contribution in [0.15, 0.2) is 12.4 Å². The SMILES string of the molecule is Cc1cncc(C2CCCN(C(=O)CN3CCN(CCO)CC3)C2)n1. The third kappa shape index (κ3) is 4.96. The van der Waals surface area contributed by atoms with Gasteiger partial charge in [-0.15, -0.1) is 0 Å². The molecule has 1 N–H and O–H groups in total. The van der Waals surface area contributed by atoms with Crippen molar-refractivity contribution in [1.29, 1.82) is 0 Å². The van der Waals surface area contributed by atoms with Gasteiger partial charge in [0.05, 0.1) is 24.5 Å². The van der Waals surface area contributed by atoms with Crippen molar-refractivity contribution in [2.24, 2.45) is 0 Å². The van der Waals surface area contributed by atoms with E-state index in [1.165, 1.54) is 0 Å². The third-order valence-electron chi connectivity index (χ3n) is 5.21. The maximum absolute atomic E-state index is 12.7. The minimum Gasteiger partial charge on any atom is -0.395 e. The smallest absolute Gasteiger partial charge is 0.236 e. The number of aliphatic hydroxyl groups excluding tert-OH is 1. The van der Waals surface area contributed by atoms with Gasteiger partial charge in [-0.3, -0.25) is 24.6 Å². The predicted molar refractivity (Wildman–Crippen MR) is 95.3 cm³/mol. The van der Waals surface area contributed by atoms with E-state index in [0.717, 1.165) is 70.0 Å². The van der Waals surface area contributed by atoms with Gasteiger partial charge in [-0.25, -0.2) is 0 Å². The number of aryl methyl sites for hydroxylation is 1. The van der Waals surface area contributed by atoms with Crippen LogP contribution in [0.25, 0.3) is 0 Å². The van der Waals surface area contributed by atoms with Gasteiger partial charge in [-0.1, -0.05) is 0 Å². The molecule has 0 saturated carbocycles. The van der Waals surface area contributed by atoms with E-state index in [1.54, 1.807) is 6.20 Å². The molecule has 0 radical (unpaired) electrons. The summed E-state index contributed by atoms with van der Waals surface area (Å²) in [6, 6.07) is 0. The Hall–Kier alpha value is -1.57. The Kier molecular flexibility index (Phi) is 6.34. The number of carbonyl (C=O) groups excluding carboxylic acids is 1. The molecule has 2 saturated heterocycles. The highest BCUT2D eigenvalue weighted by atomic mass is 16.3. The lowest BCUT2D eigenvalue weighted by atomic mass is 9.95. The second-order valence-electron chi connectivity index (χ2n) is 7.11. The third-order valence-corrected chi connectivity index (χ3v) is 5.21. The molecule has 2 aliphatic rings. The minimum atomic E-state index is 0.204. The van der Waals surface area contributed by atoms with Crippen LogP contribution in [0, 0.1) is 6.92 Å². The quantitative estimate of drug-likeness (QED) is 0.815. The van der Waals surface area contributed by atoms with Gasteiger partial charge in [-0.2, -0.15) is 0 Å². The Labute approximate surface area is 149 Å². The van der Waals surface area contributed by atoms with Gasteiger partial charge in [-0.05, 0) is 19.8 Å². The van der Waals surface area contributed by atoms with E-state index in [-0.39, 0.29) is 12.5 Å². The van der Waals surface area contributed by atoms with Crippen molar-refractivity contribution >= 4 is 5.91 Å². The molecule has 138 valence electrons. The van der Waals surface area contributed by atoms with Gasteiger partial charge in [0.25, 0.3) is 0 Å². The van der Waals surface area contributed by atoms with Crippen LogP contribution in [0.3, 0.4) is 0 Å². The molecule has 1 unspecified atom stereocenters. The summed E-state index contributed by atoms with van der Waals surface area (Å²) in [6.45, 7) is 8.63. The second kappa shape index (κ2) is 8.69. The van der Waals surface area contributed by atoms with E-state index in [9.17, 15) is 4.79 Å². The molecule has 3 rings (SSSR count). The molecule has 3 heterocycles. The van der Waals surface area contributed by atoms with Crippen molar-refractivity contribution in [2.45, 2.75) is 25.7 Å². The van der Waals surface area contributed by atoms with E-state index in [2.05, 4.69) is 19.8 Å². The standard InChI is InChI=1S/C18H29N5O2/c1-15-11-19-12-17(20-15)16-3-2-4-23(13-16)18(25)14-22-7-5-21(6-8-22)9-10-24/h11-12,16,24H,2-10,13-14H2,1H3. The minimum absolute atomic E-state index is 0.204. The van der Waals surface area contributed by atoms with Crippen molar-refractivity contribution in [2.75, 3.05) is 59.0 Å². The molecular formula is C18H29N5O2. The van der Waals surface area contributed by atoms with Crippen LogP contribution in [-0.2, 0) is 4.79 Å². The fourth-order valence-corrected chi connectivity index (χ4v) is 3.73. The highest BCUT2D eigenvalue weighted by Crippen LogP contribution is 2.25. The van der Waals surface area contributed by atoms with Crippen LogP contribution in [0.4, 0.5) is 0 Å². The zero-order valence-corrected chi connectivity index (χ0v) is 15.1. The summed E-state index contributed by atoms with van der Waals surface area (Å²) >= 11 is 0. The largest absolute Gasteiger partial charge is 0.395 e. The summed E-state index contributed by atoms with van der Waals surface area (Å²) in [5, 5.41) is 9.01. The van der Waals surface area contributed by atoms with Crippen molar-refractivity contribution in [3.63, 3.8) is 0 Å². The number of carbonyl (C=O) groups is 1. The molecule has 1 aromatic rings. The van der Waals surface area contributed by atoms with Crippen LogP contribution in [0.2, 0.25) is 0 Å². The average molecular weight is 347 g/mol. The topological polar surface area (TPSA) is 72.8 Å². The molecular weight excluding hydrogens is 318 g/mol. The van der Waals surface area contributed by atoms with Crippen molar-refractivity contribution < 1.29 is 9.90 Å². The lowest BCUT2D eigenvalue weighted by Gasteiger charge is -2.37. The Morgan fingerprint density at radius 1 is 1.20 bits per heavy atom. The first-order valence-electron chi connectivity index (χ1n) is 9.27. The van der Waals surface area contributed by atoms with Gasteiger partial charge in [0.2, 0.25) is 5.91 Å². The molecule has 0 bridgehead atoms. The van der Waals surface area contributed by atoms with E-state index in [1.807, 2.05) is 18.0 Å². The molecule has 7 heteroatoms. The number of aliphatic hydroxyl groups is 1. The van der Waals surface area contributed by atoms with Crippen molar-refractivity contribution in [3.05, 3.63) is 23.8 Å². The first kappa shape index (κ1) is 18.2. The molecule has 2 aliphatic heterocycles. The Balaban J connectivity index is 1.50. The number of β-amino-alcohol motifs (C(OH)–C–C–N with tert-alkyl or cyclic N) is 1. The molecule has 2 fully saturated rings. The number of hydrogen-bond donors (Lipinski definition) is 1. The summed E-state index contributed by atoms with van der Waals surface area (Å²) < 4.78 is 0. The number of aromatic nitrogens is 2. The highest BCUT2D eigenvalue weighted by Gasteiger charge is 2.27. The van der Waals surface area contributed by atoms with Gasteiger partial charge in [0.1, 0.15) is 0 Å². The zero-order chi connectivity index (χ0) is 17.6. The first-order valence-corrected chi connectivity index (χ1v) is 9.27. The highest BCUT2D eigenvalue weighted by molar-refractivity contribution is 5.78. The molecule has 7 nitrogen and oxygen atoms in total. The van der Waals surface area contributed by atoms with E-state index in [0.29, 0.717) is 12.5 Å². The summed E-state index contributed by atoms with van der Waals surface area (Å²) in [5.74, 6) is 0.521. The predicted octanol–water partition coefficient (Wildman–Crippen LogP) is 0.101. The molecule has 0 aliphatic carbocycles. The van der Waals surface area contributed by atoms with E-state index in [4.69, 9.17) is 5.11 Å². The summed E-state index contributed by atoms with van der Waals surface area (Å²) in [4.78, 5) is 28.0. The Morgan fingerprint density at radius 3 is 2.68 bits per heavy atom. The number of rotatable bonds is 5. The number of piperidine rings is 1. The zero-order valence-electron chi connectivity index (χ0n) is 15.1. The lowest BCUT2D eigenvalue weighted by molar-refractivity contribution is -0.134. The number of nitrogens with zero attached hydrogens (tertiary/aromatic N) is 5. The van der Waals surface area contributed by atoms with Gasteiger partial charge < -0.3 is 10.0 Å². The van der Waals surface area contributed by atoms with Crippen molar-refractivity contribution in [1.82, 2.24) is 24.7 Å². The fraction of sp³-hybridized carbons (Fsp3) is 0.722. The first-order chi connectivity index (χ1) is 12.2. The van der Waals surface area contributed by atoms with Gasteiger partial charge in [0.15, 0.2) is 0 Å². The second-order valence-corrected chi connectivity index (χ2v) is 7.11. The number of amides is 1. The van der Waals surface area contributed by atoms with Crippen LogP contribution in [0.1, 0.15) is 30.1 Å². The van der Waals surface area contributed by atoms with Crippen LogP contribution < -0.4 is 0 Å². The van der Waals surface area contributed by atoms with Gasteiger partial charge in [0, 0.05) is 64.1 Å². The van der Waals surface area contributed by atoms with Crippen LogP contribution >= 0.6 is 0 Å².